The molecule has 0 aliphatic heterocycles. The molecule has 0 aromatic heterocycles. The normalized spacial score (nSPS) is 11.3. The molecule has 0 unspecified atom stereocenters. The molecule has 0 aliphatic rings. The summed E-state index contributed by atoms with van der Waals surface area (Å²) >= 11 is 5.78. The maximum absolute atomic E-state index is 12.5. The van der Waals surface area contributed by atoms with Crippen molar-refractivity contribution >= 4 is 23.2 Å². The lowest BCUT2D eigenvalue weighted by molar-refractivity contribution is -0.137. The van der Waals surface area contributed by atoms with Crippen LogP contribution in [0.5, 0.6) is 0 Å². The highest BCUT2D eigenvalue weighted by Gasteiger charge is 2.31. The van der Waals surface area contributed by atoms with Gasteiger partial charge < -0.3 is 5.32 Å². The Kier molecular flexibility index (Phi) is 4.23. The summed E-state index contributed by atoms with van der Waals surface area (Å²) in [5.74, 6) is -0.434. The molecule has 21 heavy (non-hydrogen) atoms. The number of nitrogens with one attached hydrogen (secondary N) is 1. The predicted molar refractivity (Wildman–Crippen MR) is 75.6 cm³/mol. The van der Waals surface area contributed by atoms with Crippen LogP contribution in [0.25, 0.3) is 0 Å². The van der Waals surface area contributed by atoms with E-state index in [1.807, 2.05) is 6.92 Å². The molecule has 2 rings (SSSR count). The van der Waals surface area contributed by atoms with Crippen molar-refractivity contribution < 1.29 is 18.0 Å². The average Bonchev–Trinajstić information content (AvgIpc) is 2.40. The van der Waals surface area contributed by atoms with Gasteiger partial charge in [-0.25, -0.2) is 0 Å². The van der Waals surface area contributed by atoms with E-state index in [0.717, 1.165) is 23.8 Å². The van der Waals surface area contributed by atoms with Crippen LogP contribution in [0.2, 0.25) is 5.02 Å². The highest BCUT2D eigenvalue weighted by atomic mass is 35.5. The largest absolute Gasteiger partial charge is 0.416 e. The molecule has 6 heteroatoms. The maximum Gasteiger partial charge on any atom is 0.416 e. The van der Waals surface area contributed by atoms with Gasteiger partial charge in [0.25, 0.3) is 5.91 Å². The first-order valence-electron chi connectivity index (χ1n) is 6.02. The Morgan fingerprint density at radius 1 is 1.10 bits per heavy atom. The first-order valence-corrected chi connectivity index (χ1v) is 6.40. The Labute approximate surface area is 124 Å². The topological polar surface area (TPSA) is 29.1 Å². The summed E-state index contributed by atoms with van der Waals surface area (Å²) in [5.41, 5.74) is 0.673. The van der Waals surface area contributed by atoms with Crippen LogP contribution in [0.4, 0.5) is 18.9 Å². The quantitative estimate of drug-likeness (QED) is 0.837. The Bertz CT molecular complexity index is 666. The second-order valence-corrected chi connectivity index (χ2v) is 4.92. The van der Waals surface area contributed by atoms with Gasteiger partial charge in [0.2, 0.25) is 0 Å². The molecule has 0 spiro atoms. The lowest BCUT2D eigenvalue weighted by Gasteiger charge is -2.11. The van der Waals surface area contributed by atoms with Crippen LogP contribution in [0.3, 0.4) is 0 Å². The van der Waals surface area contributed by atoms with Crippen molar-refractivity contribution in [1.29, 1.82) is 0 Å². The third-order valence-corrected chi connectivity index (χ3v) is 3.17. The molecule has 0 aliphatic carbocycles. The molecule has 0 bridgehead atoms. The fourth-order valence-corrected chi connectivity index (χ4v) is 1.92. The molecule has 0 fully saturated rings. The number of hydrogen-bond acceptors (Lipinski definition) is 1. The number of amides is 1. The lowest BCUT2D eigenvalue weighted by atomic mass is 10.1. The molecule has 0 atom stereocenters. The third kappa shape index (κ3) is 3.76. The summed E-state index contributed by atoms with van der Waals surface area (Å²) in [6.07, 6.45) is -4.47. The molecular weight excluding hydrogens is 303 g/mol. The van der Waals surface area contributed by atoms with E-state index in [-0.39, 0.29) is 10.7 Å². The molecule has 0 heterocycles. The number of carbonyl (C=O) groups is 1. The molecule has 1 amide bonds. The van der Waals surface area contributed by atoms with Gasteiger partial charge in [0.15, 0.2) is 0 Å². The van der Waals surface area contributed by atoms with E-state index in [9.17, 15) is 18.0 Å². The van der Waals surface area contributed by atoms with E-state index in [2.05, 4.69) is 5.32 Å². The van der Waals surface area contributed by atoms with Crippen LogP contribution in [0.15, 0.2) is 42.5 Å². The zero-order chi connectivity index (χ0) is 15.6. The van der Waals surface area contributed by atoms with Gasteiger partial charge in [-0.3, -0.25) is 4.79 Å². The average molecular weight is 314 g/mol. The van der Waals surface area contributed by atoms with Gasteiger partial charge in [-0.05, 0) is 37.3 Å². The van der Waals surface area contributed by atoms with Crippen molar-refractivity contribution in [3.05, 3.63) is 64.2 Å². The number of benzene rings is 2. The van der Waals surface area contributed by atoms with E-state index >= 15 is 0 Å². The molecule has 0 saturated heterocycles. The molecule has 2 nitrogen and oxygen atoms in total. The van der Waals surface area contributed by atoms with Gasteiger partial charge >= 0.3 is 6.18 Å². The van der Waals surface area contributed by atoms with E-state index in [0.29, 0.717) is 5.56 Å². The fraction of sp³-hybridized carbons (Fsp3) is 0.133. The van der Waals surface area contributed by atoms with Crippen LogP contribution < -0.4 is 5.32 Å². The lowest BCUT2D eigenvalue weighted by Crippen LogP contribution is -2.13. The van der Waals surface area contributed by atoms with Crippen LogP contribution in [0, 0.1) is 6.92 Å². The number of anilines is 1. The maximum atomic E-state index is 12.5. The number of carbonyl (C=O) groups excluding carboxylic acids is 1. The van der Waals surface area contributed by atoms with Crippen molar-refractivity contribution in [2.75, 3.05) is 5.32 Å². The minimum atomic E-state index is -4.47. The van der Waals surface area contributed by atoms with Crippen LogP contribution in [-0.2, 0) is 6.18 Å². The van der Waals surface area contributed by atoms with E-state index < -0.39 is 17.6 Å². The monoisotopic (exact) mass is 313 g/mol. The standard InChI is InChI=1S/C15H11ClF3NO/c1-9-2-4-10(5-3-9)14(21)20-13-7-6-11(8-12(13)16)15(17,18)19/h2-8H,1H3,(H,20,21). The van der Waals surface area contributed by atoms with Crippen LogP contribution in [0.1, 0.15) is 21.5 Å². The number of rotatable bonds is 2. The first-order chi connectivity index (χ1) is 9.77. The molecule has 2 aromatic rings. The molecule has 110 valence electrons. The highest BCUT2D eigenvalue weighted by Crippen LogP contribution is 2.33. The summed E-state index contributed by atoms with van der Waals surface area (Å²) in [6, 6.07) is 9.58. The SMILES string of the molecule is Cc1ccc(C(=O)Nc2ccc(C(F)(F)F)cc2Cl)cc1. The number of alkyl halides is 3. The Balaban J connectivity index is 2.20. The minimum Gasteiger partial charge on any atom is -0.321 e. The minimum absolute atomic E-state index is 0.134. The summed E-state index contributed by atoms with van der Waals surface area (Å²) in [7, 11) is 0. The number of hydrogen-bond donors (Lipinski definition) is 1. The Hall–Kier alpha value is -2.01. The molecule has 0 saturated carbocycles. The van der Waals surface area contributed by atoms with E-state index in [1.54, 1.807) is 24.3 Å². The van der Waals surface area contributed by atoms with Crippen molar-refractivity contribution in [3.8, 4) is 0 Å². The van der Waals surface area contributed by atoms with Gasteiger partial charge in [0, 0.05) is 5.56 Å². The van der Waals surface area contributed by atoms with Gasteiger partial charge in [-0.1, -0.05) is 29.3 Å². The zero-order valence-electron chi connectivity index (χ0n) is 11.0. The Morgan fingerprint density at radius 3 is 2.24 bits per heavy atom. The first kappa shape index (κ1) is 15.4. The summed E-state index contributed by atoms with van der Waals surface area (Å²) in [6.45, 7) is 1.88. The van der Waals surface area contributed by atoms with Crippen molar-refractivity contribution in [3.63, 3.8) is 0 Å². The predicted octanol–water partition coefficient (Wildman–Crippen LogP) is 4.92. The smallest absolute Gasteiger partial charge is 0.321 e. The highest BCUT2D eigenvalue weighted by molar-refractivity contribution is 6.34. The van der Waals surface area contributed by atoms with Crippen LogP contribution >= 0.6 is 11.6 Å². The number of aryl methyl sites for hydroxylation is 1. The van der Waals surface area contributed by atoms with Crippen molar-refractivity contribution in [2.24, 2.45) is 0 Å². The summed E-state index contributed by atoms with van der Waals surface area (Å²) in [4.78, 5) is 12.0. The second kappa shape index (κ2) is 5.77. The summed E-state index contributed by atoms with van der Waals surface area (Å²) in [5, 5.41) is 2.32. The molecule has 0 radical (unpaired) electrons. The van der Waals surface area contributed by atoms with Gasteiger partial charge in [-0.15, -0.1) is 0 Å². The van der Waals surface area contributed by atoms with Crippen LogP contribution in [-0.4, -0.2) is 5.91 Å². The van der Waals surface area contributed by atoms with E-state index in [1.165, 1.54) is 0 Å². The van der Waals surface area contributed by atoms with Gasteiger partial charge in [0.05, 0.1) is 16.3 Å². The van der Waals surface area contributed by atoms with E-state index in [4.69, 9.17) is 11.6 Å². The molecule has 1 N–H and O–H groups in total. The zero-order valence-corrected chi connectivity index (χ0v) is 11.7. The second-order valence-electron chi connectivity index (χ2n) is 4.51. The van der Waals surface area contributed by atoms with Crippen molar-refractivity contribution in [1.82, 2.24) is 0 Å². The Morgan fingerprint density at radius 2 is 1.71 bits per heavy atom. The third-order valence-electron chi connectivity index (χ3n) is 2.86. The molecule has 2 aromatic carbocycles. The van der Waals surface area contributed by atoms with Crippen molar-refractivity contribution in [2.45, 2.75) is 13.1 Å². The number of halogens is 4. The summed E-state index contributed by atoms with van der Waals surface area (Å²) < 4.78 is 37.6. The fourth-order valence-electron chi connectivity index (χ4n) is 1.69. The van der Waals surface area contributed by atoms with Gasteiger partial charge in [-0.2, -0.15) is 13.2 Å². The van der Waals surface area contributed by atoms with Gasteiger partial charge in [0.1, 0.15) is 0 Å². The molecular formula is C15H11ClF3NO.